The molecule has 1 aromatic heterocycles. The minimum atomic E-state index is 0.119. The molecule has 3 rings (SSSR count). The Morgan fingerprint density at radius 2 is 1.92 bits per heavy atom. The molecule has 26 heavy (non-hydrogen) atoms. The number of amides is 1. The van der Waals surface area contributed by atoms with Gasteiger partial charge in [-0.1, -0.05) is 18.2 Å². The standard InChI is InChI=1S/C19H25N5O2/c1-14-12-18(20-13-16-6-4-5-7-17(16)26-3)22-19(21-14)24-10-8-23(9-11-24)15(2)25/h4-7,12H,8-11,13H2,1-3H3,(H,20,21,22). The molecule has 1 N–H and O–H groups in total. The highest BCUT2D eigenvalue weighted by atomic mass is 16.5. The van der Waals surface area contributed by atoms with Gasteiger partial charge in [-0.3, -0.25) is 4.79 Å². The number of benzene rings is 1. The summed E-state index contributed by atoms with van der Waals surface area (Å²) in [6.07, 6.45) is 0. The number of carbonyl (C=O) groups is 1. The molecule has 0 unspecified atom stereocenters. The van der Waals surface area contributed by atoms with E-state index in [1.165, 1.54) is 0 Å². The summed E-state index contributed by atoms with van der Waals surface area (Å²) in [7, 11) is 1.67. The third-order valence-electron chi connectivity index (χ3n) is 4.50. The maximum atomic E-state index is 11.5. The number of aryl methyl sites for hydroxylation is 1. The third kappa shape index (κ3) is 4.22. The van der Waals surface area contributed by atoms with Gasteiger partial charge in [-0.25, -0.2) is 4.98 Å². The molecule has 138 valence electrons. The maximum absolute atomic E-state index is 11.5. The Morgan fingerprint density at radius 3 is 2.62 bits per heavy atom. The largest absolute Gasteiger partial charge is 0.496 e. The minimum absolute atomic E-state index is 0.119. The molecule has 1 saturated heterocycles. The Hall–Kier alpha value is -2.83. The van der Waals surface area contributed by atoms with Gasteiger partial charge in [0.1, 0.15) is 11.6 Å². The van der Waals surface area contributed by atoms with Crippen LogP contribution >= 0.6 is 0 Å². The molecule has 7 heteroatoms. The Labute approximate surface area is 154 Å². The van der Waals surface area contributed by atoms with E-state index < -0.39 is 0 Å². The number of methoxy groups -OCH3 is 1. The third-order valence-corrected chi connectivity index (χ3v) is 4.50. The smallest absolute Gasteiger partial charge is 0.227 e. The van der Waals surface area contributed by atoms with Gasteiger partial charge in [-0.2, -0.15) is 4.98 Å². The monoisotopic (exact) mass is 355 g/mol. The number of aromatic nitrogens is 2. The summed E-state index contributed by atoms with van der Waals surface area (Å²) in [5.74, 6) is 2.46. The molecule has 1 fully saturated rings. The minimum Gasteiger partial charge on any atom is -0.496 e. The second-order valence-electron chi connectivity index (χ2n) is 6.35. The summed E-state index contributed by atoms with van der Waals surface area (Å²) in [6.45, 7) is 7.10. The van der Waals surface area contributed by atoms with Gasteiger partial charge in [0.15, 0.2) is 0 Å². The second kappa shape index (κ2) is 8.03. The number of carbonyl (C=O) groups excluding carboxylic acids is 1. The Morgan fingerprint density at radius 1 is 1.19 bits per heavy atom. The quantitative estimate of drug-likeness (QED) is 0.885. The van der Waals surface area contributed by atoms with Crippen LogP contribution < -0.4 is 15.0 Å². The van der Waals surface area contributed by atoms with E-state index in [2.05, 4.69) is 20.2 Å². The fourth-order valence-electron chi connectivity index (χ4n) is 3.04. The molecule has 1 aliphatic heterocycles. The van der Waals surface area contributed by atoms with Gasteiger partial charge in [0, 0.05) is 57.0 Å². The molecule has 0 atom stereocenters. The predicted octanol–water partition coefficient (Wildman–Crippen LogP) is 2.07. The molecular weight excluding hydrogens is 330 g/mol. The molecule has 2 aromatic rings. The lowest BCUT2D eigenvalue weighted by atomic mass is 10.2. The van der Waals surface area contributed by atoms with Crippen LogP contribution in [0.25, 0.3) is 0 Å². The zero-order chi connectivity index (χ0) is 18.5. The SMILES string of the molecule is COc1ccccc1CNc1cc(C)nc(N2CCN(C(C)=O)CC2)n1. The van der Waals surface area contributed by atoms with E-state index in [1.807, 2.05) is 42.2 Å². The second-order valence-corrected chi connectivity index (χ2v) is 6.35. The van der Waals surface area contributed by atoms with Crippen LogP contribution in [0.4, 0.5) is 11.8 Å². The van der Waals surface area contributed by atoms with E-state index in [-0.39, 0.29) is 5.91 Å². The van der Waals surface area contributed by atoms with Crippen molar-refractivity contribution in [2.75, 3.05) is 43.5 Å². The Kier molecular flexibility index (Phi) is 5.55. The number of anilines is 2. The molecule has 0 spiro atoms. The number of para-hydroxylation sites is 1. The van der Waals surface area contributed by atoms with E-state index in [9.17, 15) is 4.79 Å². The first-order valence-corrected chi connectivity index (χ1v) is 8.78. The number of nitrogens with zero attached hydrogens (tertiary/aromatic N) is 4. The molecule has 0 radical (unpaired) electrons. The van der Waals surface area contributed by atoms with Crippen molar-refractivity contribution in [2.24, 2.45) is 0 Å². The highest BCUT2D eigenvalue weighted by Crippen LogP contribution is 2.20. The number of ether oxygens (including phenoxy) is 1. The zero-order valence-electron chi connectivity index (χ0n) is 15.5. The predicted molar refractivity (Wildman–Crippen MR) is 102 cm³/mol. The maximum Gasteiger partial charge on any atom is 0.227 e. The van der Waals surface area contributed by atoms with Crippen molar-refractivity contribution in [3.05, 3.63) is 41.6 Å². The molecule has 0 saturated carbocycles. The van der Waals surface area contributed by atoms with E-state index in [1.54, 1.807) is 14.0 Å². The number of piperazine rings is 1. The van der Waals surface area contributed by atoms with Crippen LogP contribution in [-0.2, 0) is 11.3 Å². The van der Waals surface area contributed by atoms with E-state index >= 15 is 0 Å². The summed E-state index contributed by atoms with van der Waals surface area (Å²) in [6, 6.07) is 9.86. The first-order chi connectivity index (χ1) is 12.6. The van der Waals surface area contributed by atoms with Gasteiger partial charge < -0.3 is 19.9 Å². The number of hydrogen-bond acceptors (Lipinski definition) is 6. The zero-order valence-corrected chi connectivity index (χ0v) is 15.5. The van der Waals surface area contributed by atoms with E-state index in [0.29, 0.717) is 25.6 Å². The van der Waals surface area contributed by atoms with E-state index in [0.717, 1.165) is 35.9 Å². The molecule has 7 nitrogen and oxygen atoms in total. The van der Waals surface area contributed by atoms with Gasteiger partial charge in [0.25, 0.3) is 0 Å². The van der Waals surface area contributed by atoms with Crippen molar-refractivity contribution in [2.45, 2.75) is 20.4 Å². The lowest BCUT2D eigenvalue weighted by Gasteiger charge is -2.34. The highest BCUT2D eigenvalue weighted by molar-refractivity contribution is 5.73. The molecule has 2 heterocycles. The van der Waals surface area contributed by atoms with Crippen LogP contribution in [0, 0.1) is 6.92 Å². The number of nitrogens with one attached hydrogen (secondary N) is 1. The summed E-state index contributed by atoms with van der Waals surface area (Å²) in [5.41, 5.74) is 1.98. The number of rotatable bonds is 5. The van der Waals surface area contributed by atoms with Crippen molar-refractivity contribution in [1.29, 1.82) is 0 Å². The topological polar surface area (TPSA) is 70.6 Å². The van der Waals surface area contributed by atoms with Gasteiger partial charge in [0.05, 0.1) is 7.11 Å². The van der Waals surface area contributed by atoms with Gasteiger partial charge in [0.2, 0.25) is 11.9 Å². The lowest BCUT2D eigenvalue weighted by Crippen LogP contribution is -2.48. The summed E-state index contributed by atoms with van der Waals surface area (Å²) in [5, 5.41) is 3.36. The summed E-state index contributed by atoms with van der Waals surface area (Å²) in [4.78, 5) is 24.7. The fourth-order valence-corrected chi connectivity index (χ4v) is 3.04. The van der Waals surface area contributed by atoms with E-state index in [4.69, 9.17) is 4.74 Å². The average molecular weight is 355 g/mol. The Bertz CT molecular complexity index is 772. The first kappa shape index (κ1) is 18.0. The van der Waals surface area contributed by atoms with Crippen LogP contribution in [0.15, 0.2) is 30.3 Å². The summed E-state index contributed by atoms with van der Waals surface area (Å²) >= 11 is 0. The first-order valence-electron chi connectivity index (χ1n) is 8.78. The lowest BCUT2D eigenvalue weighted by molar-refractivity contribution is -0.129. The fraction of sp³-hybridized carbons (Fsp3) is 0.421. The van der Waals surface area contributed by atoms with Gasteiger partial charge in [-0.15, -0.1) is 0 Å². The van der Waals surface area contributed by atoms with Gasteiger partial charge >= 0.3 is 0 Å². The molecular formula is C19H25N5O2. The van der Waals surface area contributed by atoms with Gasteiger partial charge in [-0.05, 0) is 13.0 Å². The molecule has 1 aromatic carbocycles. The van der Waals surface area contributed by atoms with Crippen LogP contribution in [0.2, 0.25) is 0 Å². The molecule has 0 bridgehead atoms. The van der Waals surface area contributed by atoms with Crippen LogP contribution in [0.1, 0.15) is 18.2 Å². The van der Waals surface area contributed by atoms with Crippen LogP contribution in [-0.4, -0.2) is 54.1 Å². The normalized spacial score (nSPS) is 14.3. The summed E-state index contributed by atoms with van der Waals surface area (Å²) < 4.78 is 5.39. The molecule has 0 aliphatic carbocycles. The van der Waals surface area contributed by atoms with Crippen molar-refractivity contribution < 1.29 is 9.53 Å². The van der Waals surface area contributed by atoms with Crippen molar-refractivity contribution in [1.82, 2.24) is 14.9 Å². The van der Waals surface area contributed by atoms with Crippen molar-refractivity contribution in [3.63, 3.8) is 0 Å². The number of hydrogen-bond donors (Lipinski definition) is 1. The van der Waals surface area contributed by atoms with Crippen molar-refractivity contribution in [3.8, 4) is 5.75 Å². The van der Waals surface area contributed by atoms with Crippen molar-refractivity contribution >= 4 is 17.7 Å². The van der Waals surface area contributed by atoms with Crippen LogP contribution in [0.3, 0.4) is 0 Å². The molecule has 1 amide bonds. The molecule has 1 aliphatic rings. The Balaban J connectivity index is 1.69. The highest BCUT2D eigenvalue weighted by Gasteiger charge is 2.21. The van der Waals surface area contributed by atoms with Crippen LogP contribution in [0.5, 0.6) is 5.75 Å². The average Bonchev–Trinajstić information content (AvgIpc) is 2.66.